The molecule has 0 aromatic heterocycles. The van der Waals surface area contributed by atoms with Crippen LogP contribution in [0.3, 0.4) is 0 Å². The Morgan fingerprint density at radius 2 is 1.79 bits per heavy atom. The number of halogens is 4. The van der Waals surface area contributed by atoms with E-state index in [1.54, 1.807) is 6.07 Å². The lowest BCUT2D eigenvalue weighted by molar-refractivity contribution is 0.102. The normalized spacial score (nSPS) is 10.3. The van der Waals surface area contributed by atoms with Gasteiger partial charge in [0.1, 0.15) is 11.6 Å². The van der Waals surface area contributed by atoms with Crippen molar-refractivity contribution < 1.29 is 13.6 Å². The third-order valence-electron chi connectivity index (χ3n) is 2.37. The molecule has 0 heterocycles. The number of anilines is 1. The van der Waals surface area contributed by atoms with E-state index < -0.39 is 17.5 Å². The summed E-state index contributed by atoms with van der Waals surface area (Å²) < 4.78 is 27.3. The van der Waals surface area contributed by atoms with E-state index in [0.29, 0.717) is 14.6 Å². The van der Waals surface area contributed by atoms with Crippen molar-refractivity contribution in [2.45, 2.75) is 0 Å². The lowest BCUT2D eigenvalue weighted by atomic mass is 10.2. The van der Waals surface area contributed by atoms with Crippen LogP contribution in [0.25, 0.3) is 0 Å². The van der Waals surface area contributed by atoms with Gasteiger partial charge in [-0.3, -0.25) is 4.79 Å². The SMILES string of the molecule is O=C(Nc1ccc(F)cc1Br)c1c(F)cccc1Br. The predicted molar refractivity (Wildman–Crippen MR) is 76.2 cm³/mol. The van der Waals surface area contributed by atoms with Crippen LogP contribution >= 0.6 is 31.9 Å². The fourth-order valence-corrected chi connectivity index (χ4v) is 2.46. The maximum Gasteiger partial charge on any atom is 0.259 e. The highest BCUT2D eigenvalue weighted by atomic mass is 79.9. The number of amides is 1. The first-order valence-corrected chi connectivity index (χ1v) is 6.78. The van der Waals surface area contributed by atoms with Crippen LogP contribution in [0.2, 0.25) is 0 Å². The molecule has 0 unspecified atom stereocenters. The van der Waals surface area contributed by atoms with Gasteiger partial charge in [0.2, 0.25) is 0 Å². The van der Waals surface area contributed by atoms with Gasteiger partial charge in [0.05, 0.1) is 11.3 Å². The Morgan fingerprint density at radius 3 is 2.42 bits per heavy atom. The van der Waals surface area contributed by atoms with E-state index in [-0.39, 0.29) is 5.56 Å². The lowest BCUT2D eigenvalue weighted by Crippen LogP contribution is -2.15. The maximum atomic E-state index is 13.6. The van der Waals surface area contributed by atoms with Crippen LogP contribution in [0.4, 0.5) is 14.5 Å². The van der Waals surface area contributed by atoms with E-state index in [1.165, 1.54) is 30.3 Å². The summed E-state index contributed by atoms with van der Waals surface area (Å²) >= 11 is 6.24. The highest BCUT2D eigenvalue weighted by Gasteiger charge is 2.16. The molecule has 0 saturated carbocycles. The predicted octanol–water partition coefficient (Wildman–Crippen LogP) is 4.74. The second-order valence-electron chi connectivity index (χ2n) is 3.67. The Hall–Kier alpha value is -1.27. The van der Waals surface area contributed by atoms with Crippen molar-refractivity contribution in [2.75, 3.05) is 5.32 Å². The van der Waals surface area contributed by atoms with Crippen molar-refractivity contribution in [2.24, 2.45) is 0 Å². The Labute approximate surface area is 125 Å². The summed E-state index contributed by atoms with van der Waals surface area (Å²) in [4.78, 5) is 12.0. The quantitative estimate of drug-likeness (QED) is 0.788. The standard InChI is InChI=1S/C13H7Br2F2NO/c14-8-2-1-3-10(17)12(8)13(19)18-11-5-4-7(16)6-9(11)15/h1-6H,(H,18,19). The fourth-order valence-electron chi connectivity index (χ4n) is 1.49. The van der Waals surface area contributed by atoms with Gasteiger partial charge in [0.25, 0.3) is 5.91 Å². The molecule has 0 atom stereocenters. The molecular weight excluding hydrogens is 384 g/mol. The monoisotopic (exact) mass is 389 g/mol. The Kier molecular flexibility index (Phi) is 4.31. The van der Waals surface area contributed by atoms with Crippen LogP contribution in [0.1, 0.15) is 10.4 Å². The molecule has 1 amide bonds. The van der Waals surface area contributed by atoms with Crippen LogP contribution < -0.4 is 5.32 Å². The topological polar surface area (TPSA) is 29.1 Å². The van der Waals surface area contributed by atoms with Crippen molar-refractivity contribution >= 4 is 43.5 Å². The Bertz CT molecular complexity index is 626. The zero-order valence-electron chi connectivity index (χ0n) is 9.38. The molecule has 1 N–H and O–H groups in total. The third kappa shape index (κ3) is 3.19. The molecule has 6 heteroatoms. The summed E-state index contributed by atoms with van der Waals surface area (Å²) in [6.07, 6.45) is 0. The molecule has 2 aromatic rings. The van der Waals surface area contributed by atoms with E-state index in [4.69, 9.17) is 0 Å². The molecule has 0 aliphatic rings. The Balaban J connectivity index is 2.31. The van der Waals surface area contributed by atoms with Crippen molar-refractivity contribution in [3.8, 4) is 0 Å². The second kappa shape index (κ2) is 5.79. The Morgan fingerprint density at radius 1 is 1.05 bits per heavy atom. The number of carbonyl (C=O) groups excluding carboxylic acids is 1. The number of rotatable bonds is 2. The molecule has 0 saturated heterocycles. The number of hydrogen-bond donors (Lipinski definition) is 1. The molecule has 2 rings (SSSR count). The zero-order chi connectivity index (χ0) is 14.0. The summed E-state index contributed by atoms with van der Waals surface area (Å²) in [6.45, 7) is 0. The average Bonchev–Trinajstić information content (AvgIpc) is 2.32. The van der Waals surface area contributed by atoms with Crippen molar-refractivity contribution in [3.63, 3.8) is 0 Å². The van der Waals surface area contributed by atoms with Crippen LogP contribution in [0.5, 0.6) is 0 Å². The van der Waals surface area contributed by atoms with Gasteiger partial charge < -0.3 is 5.32 Å². The maximum absolute atomic E-state index is 13.6. The molecule has 0 bridgehead atoms. The molecule has 0 radical (unpaired) electrons. The first kappa shape index (κ1) is 14.1. The van der Waals surface area contributed by atoms with Gasteiger partial charge in [-0.25, -0.2) is 8.78 Å². The second-order valence-corrected chi connectivity index (χ2v) is 5.38. The van der Waals surface area contributed by atoms with E-state index in [2.05, 4.69) is 37.2 Å². The first-order chi connectivity index (χ1) is 8.99. The van der Waals surface area contributed by atoms with Crippen molar-refractivity contribution in [1.82, 2.24) is 0 Å². The number of benzene rings is 2. The molecule has 19 heavy (non-hydrogen) atoms. The summed E-state index contributed by atoms with van der Waals surface area (Å²) in [5.74, 6) is -1.68. The number of hydrogen-bond acceptors (Lipinski definition) is 1. The largest absolute Gasteiger partial charge is 0.321 e. The summed E-state index contributed by atoms with van der Waals surface area (Å²) in [7, 11) is 0. The van der Waals surface area contributed by atoms with Crippen LogP contribution in [-0.4, -0.2) is 5.91 Å². The summed E-state index contributed by atoms with van der Waals surface area (Å²) in [5, 5.41) is 2.51. The molecule has 0 aliphatic carbocycles. The molecule has 2 aromatic carbocycles. The first-order valence-electron chi connectivity index (χ1n) is 5.19. The van der Waals surface area contributed by atoms with Crippen LogP contribution in [0.15, 0.2) is 45.3 Å². The van der Waals surface area contributed by atoms with Gasteiger partial charge in [-0.05, 0) is 62.2 Å². The molecule has 98 valence electrons. The van der Waals surface area contributed by atoms with Gasteiger partial charge in [-0.1, -0.05) is 6.07 Å². The average molecular weight is 391 g/mol. The van der Waals surface area contributed by atoms with Crippen LogP contribution in [0, 0.1) is 11.6 Å². The molecule has 0 fully saturated rings. The van der Waals surface area contributed by atoms with Crippen LogP contribution in [-0.2, 0) is 0 Å². The van der Waals surface area contributed by atoms with Gasteiger partial charge in [-0.15, -0.1) is 0 Å². The molecule has 2 nitrogen and oxygen atoms in total. The third-order valence-corrected chi connectivity index (χ3v) is 3.69. The molecular formula is C13H7Br2F2NO. The summed E-state index contributed by atoms with van der Waals surface area (Å²) in [6, 6.07) is 8.07. The van der Waals surface area contributed by atoms with Gasteiger partial charge in [-0.2, -0.15) is 0 Å². The molecule has 0 spiro atoms. The minimum absolute atomic E-state index is 0.0984. The molecule has 0 aliphatic heterocycles. The minimum Gasteiger partial charge on any atom is -0.321 e. The fraction of sp³-hybridized carbons (Fsp3) is 0. The minimum atomic E-state index is -0.634. The van der Waals surface area contributed by atoms with E-state index in [1.807, 2.05) is 0 Å². The van der Waals surface area contributed by atoms with Crippen molar-refractivity contribution in [3.05, 3.63) is 62.5 Å². The van der Waals surface area contributed by atoms with E-state index >= 15 is 0 Å². The number of nitrogens with one attached hydrogen (secondary N) is 1. The van der Waals surface area contributed by atoms with E-state index in [9.17, 15) is 13.6 Å². The summed E-state index contributed by atoms with van der Waals surface area (Å²) in [5.41, 5.74) is 0.264. The smallest absolute Gasteiger partial charge is 0.259 e. The zero-order valence-corrected chi connectivity index (χ0v) is 12.6. The van der Waals surface area contributed by atoms with Crippen molar-refractivity contribution in [1.29, 1.82) is 0 Å². The van der Waals surface area contributed by atoms with Gasteiger partial charge in [0, 0.05) is 8.95 Å². The van der Waals surface area contributed by atoms with E-state index in [0.717, 1.165) is 0 Å². The lowest BCUT2D eigenvalue weighted by Gasteiger charge is -2.09. The van der Waals surface area contributed by atoms with Gasteiger partial charge in [0.15, 0.2) is 0 Å². The highest BCUT2D eigenvalue weighted by molar-refractivity contribution is 9.11. The van der Waals surface area contributed by atoms with Gasteiger partial charge >= 0.3 is 0 Å². The highest BCUT2D eigenvalue weighted by Crippen LogP contribution is 2.25. The number of carbonyl (C=O) groups is 1.